The first-order valence-corrected chi connectivity index (χ1v) is 8.76. The number of carbonyl (C=O) groups excluding carboxylic acids is 2. The molecule has 0 saturated heterocycles. The molecule has 0 aliphatic rings. The number of halogens is 1. The van der Waals surface area contributed by atoms with E-state index < -0.39 is 0 Å². The number of nitrogens with one attached hydrogen (secondary N) is 1. The van der Waals surface area contributed by atoms with E-state index in [0.717, 1.165) is 6.41 Å². The van der Waals surface area contributed by atoms with E-state index in [-0.39, 0.29) is 30.2 Å². The van der Waals surface area contributed by atoms with Gasteiger partial charge in [0.1, 0.15) is 11.2 Å². The summed E-state index contributed by atoms with van der Waals surface area (Å²) in [6.45, 7) is 1.65. The van der Waals surface area contributed by atoms with Gasteiger partial charge in [0.15, 0.2) is 0 Å². The third-order valence-corrected chi connectivity index (χ3v) is 4.32. The standard InChI is InChI=1S/C20H21N3O4.ClH/c21-19(25)8-10-22-9-3-11-23(13-24)14-6-7-18-16(12-14)20(26)15-4-1-2-5-17(15)27-18;/h1-2,4-7,12-13,22H,3,8-11H2,(H2,21,25);1H. The summed E-state index contributed by atoms with van der Waals surface area (Å²) < 4.78 is 5.79. The average molecular weight is 404 g/mol. The van der Waals surface area contributed by atoms with E-state index >= 15 is 0 Å². The van der Waals surface area contributed by atoms with Crippen LogP contribution in [0.25, 0.3) is 21.9 Å². The number of fused-ring (bicyclic) bond motifs is 2. The Morgan fingerprint density at radius 1 is 1.11 bits per heavy atom. The molecule has 8 heteroatoms. The van der Waals surface area contributed by atoms with Crippen molar-refractivity contribution in [3.05, 3.63) is 52.7 Å². The topological polar surface area (TPSA) is 106 Å². The van der Waals surface area contributed by atoms with Crippen molar-refractivity contribution in [1.82, 2.24) is 5.32 Å². The summed E-state index contributed by atoms with van der Waals surface area (Å²) in [6, 6.07) is 12.2. The second-order valence-corrected chi connectivity index (χ2v) is 6.23. The summed E-state index contributed by atoms with van der Waals surface area (Å²) in [5.74, 6) is -0.348. The zero-order chi connectivity index (χ0) is 19.2. The van der Waals surface area contributed by atoms with Gasteiger partial charge in [-0.3, -0.25) is 14.4 Å². The van der Waals surface area contributed by atoms with Gasteiger partial charge < -0.3 is 20.4 Å². The number of hydrogen-bond donors (Lipinski definition) is 2. The van der Waals surface area contributed by atoms with Crippen LogP contribution in [0.5, 0.6) is 0 Å². The number of nitrogens with two attached hydrogens (primary N) is 1. The number of nitrogens with zero attached hydrogens (tertiary/aromatic N) is 1. The predicted molar refractivity (Wildman–Crippen MR) is 112 cm³/mol. The molecule has 3 aromatic rings. The highest BCUT2D eigenvalue weighted by molar-refractivity contribution is 5.92. The first kappa shape index (κ1) is 21.4. The molecular formula is C20H22ClN3O4. The Hall–Kier alpha value is -2.90. The third-order valence-electron chi connectivity index (χ3n) is 4.32. The Balaban J connectivity index is 0.00000280. The number of para-hydroxylation sites is 1. The zero-order valence-corrected chi connectivity index (χ0v) is 16.0. The maximum absolute atomic E-state index is 12.7. The van der Waals surface area contributed by atoms with E-state index in [1.165, 1.54) is 0 Å². The minimum Gasteiger partial charge on any atom is -0.456 e. The van der Waals surface area contributed by atoms with Gasteiger partial charge in [-0.2, -0.15) is 0 Å². The molecule has 0 spiro atoms. The van der Waals surface area contributed by atoms with Gasteiger partial charge >= 0.3 is 0 Å². The van der Waals surface area contributed by atoms with E-state index in [0.29, 0.717) is 53.7 Å². The molecule has 2 amide bonds. The predicted octanol–water partition coefficient (Wildman–Crippen LogP) is 2.19. The molecule has 1 aromatic heterocycles. The van der Waals surface area contributed by atoms with Crippen LogP contribution in [-0.2, 0) is 9.59 Å². The van der Waals surface area contributed by atoms with Gasteiger partial charge in [0.25, 0.3) is 0 Å². The molecule has 7 nitrogen and oxygen atoms in total. The maximum Gasteiger partial charge on any atom is 0.218 e. The summed E-state index contributed by atoms with van der Waals surface area (Å²) in [5, 5.41) is 4.05. The van der Waals surface area contributed by atoms with Crippen molar-refractivity contribution in [1.29, 1.82) is 0 Å². The highest BCUT2D eigenvalue weighted by atomic mass is 35.5. The van der Waals surface area contributed by atoms with Crippen molar-refractivity contribution in [2.45, 2.75) is 12.8 Å². The molecule has 1 heterocycles. The van der Waals surface area contributed by atoms with Crippen LogP contribution in [0.4, 0.5) is 5.69 Å². The molecule has 0 saturated carbocycles. The zero-order valence-electron chi connectivity index (χ0n) is 15.2. The summed E-state index contributed by atoms with van der Waals surface area (Å²) >= 11 is 0. The van der Waals surface area contributed by atoms with Crippen LogP contribution in [0.2, 0.25) is 0 Å². The molecule has 3 rings (SSSR count). The van der Waals surface area contributed by atoms with Gasteiger partial charge in [-0.1, -0.05) is 12.1 Å². The van der Waals surface area contributed by atoms with Crippen LogP contribution in [-0.4, -0.2) is 32.0 Å². The number of rotatable bonds is 9. The number of anilines is 1. The second-order valence-electron chi connectivity index (χ2n) is 6.23. The van der Waals surface area contributed by atoms with Crippen molar-refractivity contribution >= 4 is 52.4 Å². The SMILES string of the molecule is Cl.NC(=O)CCNCCCN(C=O)c1ccc2oc3ccccc3c(=O)c2c1. The molecule has 0 fully saturated rings. The van der Waals surface area contributed by atoms with Crippen molar-refractivity contribution < 1.29 is 14.0 Å². The lowest BCUT2D eigenvalue weighted by molar-refractivity contribution is -0.117. The quantitative estimate of drug-likeness (QED) is 0.323. The fraction of sp³-hybridized carbons (Fsp3) is 0.250. The molecule has 0 aliphatic heterocycles. The highest BCUT2D eigenvalue weighted by Gasteiger charge is 2.11. The fourth-order valence-electron chi connectivity index (χ4n) is 2.92. The van der Waals surface area contributed by atoms with E-state index in [1.54, 1.807) is 41.3 Å². The normalized spacial score (nSPS) is 10.6. The molecule has 148 valence electrons. The monoisotopic (exact) mass is 403 g/mol. The average Bonchev–Trinajstić information content (AvgIpc) is 2.67. The van der Waals surface area contributed by atoms with Crippen LogP contribution in [0.15, 0.2) is 51.7 Å². The number of amides is 2. The van der Waals surface area contributed by atoms with E-state index in [9.17, 15) is 14.4 Å². The Bertz CT molecular complexity index is 1030. The first-order chi connectivity index (χ1) is 13.1. The van der Waals surface area contributed by atoms with Crippen LogP contribution < -0.4 is 21.4 Å². The summed E-state index contributed by atoms with van der Waals surface area (Å²) in [6.07, 6.45) is 1.72. The van der Waals surface area contributed by atoms with Gasteiger partial charge in [-0.25, -0.2) is 0 Å². The minimum atomic E-state index is -0.348. The maximum atomic E-state index is 12.7. The second kappa shape index (κ2) is 9.87. The largest absolute Gasteiger partial charge is 0.456 e. The van der Waals surface area contributed by atoms with Gasteiger partial charge in [-0.05, 0) is 43.3 Å². The van der Waals surface area contributed by atoms with Crippen LogP contribution in [0.1, 0.15) is 12.8 Å². The Morgan fingerprint density at radius 3 is 2.61 bits per heavy atom. The lowest BCUT2D eigenvalue weighted by Crippen LogP contribution is -2.28. The molecule has 0 aliphatic carbocycles. The van der Waals surface area contributed by atoms with Gasteiger partial charge in [0.2, 0.25) is 17.7 Å². The first-order valence-electron chi connectivity index (χ1n) is 8.76. The Morgan fingerprint density at radius 2 is 1.86 bits per heavy atom. The number of primary amides is 1. The Kier molecular flexibility index (Phi) is 7.54. The van der Waals surface area contributed by atoms with Crippen LogP contribution in [0, 0.1) is 0 Å². The van der Waals surface area contributed by atoms with Gasteiger partial charge in [0, 0.05) is 25.2 Å². The van der Waals surface area contributed by atoms with Crippen LogP contribution in [0.3, 0.4) is 0 Å². The molecule has 0 atom stereocenters. The van der Waals surface area contributed by atoms with E-state index in [4.69, 9.17) is 10.2 Å². The lowest BCUT2D eigenvalue weighted by Gasteiger charge is -2.18. The van der Waals surface area contributed by atoms with Crippen molar-refractivity contribution in [3.63, 3.8) is 0 Å². The third kappa shape index (κ3) is 4.88. The number of carbonyl (C=O) groups is 2. The van der Waals surface area contributed by atoms with Crippen molar-refractivity contribution in [2.75, 3.05) is 24.5 Å². The molecule has 0 radical (unpaired) electrons. The molecule has 0 unspecified atom stereocenters. The number of hydrogen-bond acceptors (Lipinski definition) is 5. The minimum absolute atomic E-state index is 0. The highest BCUT2D eigenvalue weighted by Crippen LogP contribution is 2.23. The van der Waals surface area contributed by atoms with Gasteiger partial charge in [0.05, 0.1) is 10.8 Å². The molecule has 28 heavy (non-hydrogen) atoms. The van der Waals surface area contributed by atoms with E-state index in [2.05, 4.69) is 5.32 Å². The van der Waals surface area contributed by atoms with Crippen LogP contribution >= 0.6 is 12.4 Å². The van der Waals surface area contributed by atoms with Crippen molar-refractivity contribution in [3.8, 4) is 0 Å². The smallest absolute Gasteiger partial charge is 0.218 e. The lowest BCUT2D eigenvalue weighted by atomic mass is 10.1. The number of benzene rings is 2. The molecule has 2 aromatic carbocycles. The fourth-order valence-corrected chi connectivity index (χ4v) is 2.92. The molecule has 0 bridgehead atoms. The van der Waals surface area contributed by atoms with Crippen molar-refractivity contribution in [2.24, 2.45) is 5.73 Å². The van der Waals surface area contributed by atoms with E-state index in [1.807, 2.05) is 6.07 Å². The van der Waals surface area contributed by atoms with Gasteiger partial charge in [-0.15, -0.1) is 12.4 Å². The summed E-state index contributed by atoms with van der Waals surface area (Å²) in [5.41, 5.74) is 6.62. The molecular weight excluding hydrogens is 382 g/mol. The Labute approximate surface area is 167 Å². The molecule has 3 N–H and O–H groups in total. The summed E-state index contributed by atoms with van der Waals surface area (Å²) in [7, 11) is 0. The summed E-state index contributed by atoms with van der Waals surface area (Å²) in [4.78, 5) is 36.4.